The Hall–Kier alpha value is -3.55. The number of benzene rings is 2. The van der Waals surface area contributed by atoms with E-state index < -0.39 is 17.7 Å². The van der Waals surface area contributed by atoms with E-state index >= 15 is 0 Å². The Bertz CT molecular complexity index is 926. The third-order valence-corrected chi connectivity index (χ3v) is 4.65. The molecular weight excluding hydrogens is 410 g/mol. The highest BCUT2D eigenvalue weighted by Gasteiger charge is 2.30. The molecule has 2 rings (SSSR count). The molecule has 8 heteroatoms. The topological polar surface area (TPSA) is 98.2 Å². The molecule has 0 heterocycles. The second kappa shape index (κ2) is 12.3. The summed E-state index contributed by atoms with van der Waals surface area (Å²) in [6.07, 6.45) is 2.31. The fraction of sp³-hybridized carbons (Fsp3) is 0.375. The van der Waals surface area contributed by atoms with Gasteiger partial charge in [-0.05, 0) is 48.7 Å². The van der Waals surface area contributed by atoms with E-state index in [1.807, 2.05) is 6.92 Å². The van der Waals surface area contributed by atoms with Gasteiger partial charge in [-0.15, -0.1) is 0 Å². The summed E-state index contributed by atoms with van der Waals surface area (Å²) in [5, 5.41) is 6.81. The minimum absolute atomic E-state index is 0.233. The summed E-state index contributed by atoms with van der Waals surface area (Å²) in [6, 6.07) is 12.3. The van der Waals surface area contributed by atoms with Gasteiger partial charge >= 0.3 is 0 Å². The first-order chi connectivity index (χ1) is 15.4. The Kier molecular flexibility index (Phi) is 9.53. The molecule has 0 spiro atoms. The van der Waals surface area contributed by atoms with Crippen LogP contribution < -0.4 is 25.0 Å². The SMILES string of the molecule is CCCOc1c(C=NNC(=O)C(C(=O)Nc2ccc(OC)cc2)C(C)C)cccc1OC. The standard InChI is InChI=1S/C24H31N3O5/c1-6-14-32-22-17(8-7-9-20(22)31-5)15-25-27-24(29)21(16(2)3)23(28)26-18-10-12-19(30-4)13-11-18/h7-13,15-16,21H,6,14H2,1-5H3,(H,26,28)(H,27,29). The van der Waals surface area contributed by atoms with Gasteiger partial charge in [0, 0.05) is 11.3 Å². The van der Waals surface area contributed by atoms with E-state index in [9.17, 15) is 9.59 Å². The molecule has 1 atom stereocenters. The van der Waals surface area contributed by atoms with E-state index in [1.165, 1.54) is 6.21 Å². The molecule has 0 aromatic heterocycles. The minimum atomic E-state index is -0.921. The van der Waals surface area contributed by atoms with E-state index in [0.29, 0.717) is 35.1 Å². The van der Waals surface area contributed by atoms with Crippen LogP contribution in [0.5, 0.6) is 17.2 Å². The molecule has 0 bridgehead atoms. The zero-order valence-corrected chi connectivity index (χ0v) is 19.2. The molecule has 0 radical (unpaired) electrons. The summed E-state index contributed by atoms with van der Waals surface area (Å²) in [5.41, 5.74) is 3.70. The van der Waals surface area contributed by atoms with Crippen LogP contribution in [0, 0.1) is 11.8 Å². The third kappa shape index (κ3) is 6.73. The number of hydrogen-bond acceptors (Lipinski definition) is 6. The van der Waals surface area contributed by atoms with Crippen LogP contribution in [0.1, 0.15) is 32.8 Å². The molecule has 1 unspecified atom stereocenters. The van der Waals surface area contributed by atoms with Gasteiger partial charge in [0.05, 0.1) is 27.0 Å². The summed E-state index contributed by atoms with van der Waals surface area (Å²) in [6.45, 7) is 6.14. The zero-order chi connectivity index (χ0) is 23.5. The van der Waals surface area contributed by atoms with Crippen molar-refractivity contribution in [3.8, 4) is 17.2 Å². The molecule has 0 aliphatic carbocycles. The summed E-state index contributed by atoms with van der Waals surface area (Å²) in [7, 11) is 3.13. The zero-order valence-electron chi connectivity index (χ0n) is 19.2. The van der Waals surface area contributed by atoms with Gasteiger partial charge in [-0.25, -0.2) is 5.43 Å². The highest BCUT2D eigenvalue weighted by atomic mass is 16.5. The van der Waals surface area contributed by atoms with Crippen molar-refractivity contribution < 1.29 is 23.8 Å². The molecule has 0 saturated heterocycles. The van der Waals surface area contributed by atoms with Crippen LogP contribution in [-0.4, -0.2) is 38.9 Å². The Morgan fingerprint density at radius 3 is 2.34 bits per heavy atom. The maximum Gasteiger partial charge on any atom is 0.252 e. The van der Waals surface area contributed by atoms with Gasteiger partial charge in [-0.1, -0.05) is 26.8 Å². The molecule has 2 amide bonds. The molecule has 0 aliphatic heterocycles. The Balaban J connectivity index is 2.09. The Morgan fingerprint density at radius 2 is 1.75 bits per heavy atom. The average molecular weight is 442 g/mol. The number of carbonyl (C=O) groups excluding carboxylic acids is 2. The number of nitrogens with zero attached hydrogens (tertiary/aromatic N) is 1. The van der Waals surface area contributed by atoms with Gasteiger partial charge in [-0.2, -0.15) is 5.10 Å². The van der Waals surface area contributed by atoms with E-state index in [1.54, 1.807) is 70.5 Å². The maximum atomic E-state index is 12.7. The summed E-state index contributed by atoms with van der Waals surface area (Å²) in [4.78, 5) is 25.5. The van der Waals surface area contributed by atoms with Crippen molar-refractivity contribution in [3.63, 3.8) is 0 Å². The number of methoxy groups -OCH3 is 2. The summed E-state index contributed by atoms with van der Waals surface area (Å²) in [5.74, 6) is -0.262. The van der Waals surface area contributed by atoms with Gasteiger partial charge in [0.2, 0.25) is 5.91 Å². The molecule has 32 heavy (non-hydrogen) atoms. The number of para-hydroxylation sites is 1. The first-order valence-corrected chi connectivity index (χ1v) is 10.5. The van der Waals surface area contributed by atoms with Crippen molar-refractivity contribution in [1.82, 2.24) is 5.43 Å². The van der Waals surface area contributed by atoms with E-state index in [2.05, 4.69) is 15.8 Å². The fourth-order valence-corrected chi connectivity index (χ4v) is 3.01. The van der Waals surface area contributed by atoms with Crippen LogP contribution in [0.4, 0.5) is 5.69 Å². The fourth-order valence-electron chi connectivity index (χ4n) is 3.01. The molecule has 0 aliphatic rings. The minimum Gasteiger partial charge on any atom is -0.497 e. The number of anilines is 1. The highest BCUT2D eigenvalue weighted by Crippen LogP contribution is 2.30. The van der Waals surface area contributed by atoms with Gasteiger partial charge in [0.25, 0.3) is 5.91 Å². The second-order valence-electron chi connectivity index (χ2n) is 7.40. The van der Waals surface area contributed by atoms with Crippen LogP contribution in [0.25, 0.3) is 0 Å². The van der Waals surface area contributed by atoms with Crippen molar-refractivity contribution in [2.45, 2.75) is 27.2 Å². The first-order valence-electron chi connectivity index (χ1n) is 10.5. The van der Waals surface area contributed by atoms with Crippen molar-refractivity contribution in [2.75, 3.05) is 26.1 Å². The third-order valence-electron chi connectivity index (χ3n) is 4.65. The number of ether oxygens (including phenoxy) is 3. The lowest BCUT2D eigenvalue weighted by atomic mass is 9.94. The van der Waals surface area contributed by atoms with Gasteiger partial charge in [-0.3, -0.25) is 9.59 Å². The van der Waals surface area contributed by atoms with E-state index in [4.69, 9.17) is 14.2 Å². The number of amides is 2. The molecule has 0 fully saturated rings. The molecule has 2 N–H and O–H groups in total. The van der Waals surface area contributed by atoms with Crippen LogP contribution in [0.15, 0.2) is 47.6 Å². The molecule has 2 aromatic rings. The van der Waals surface area contributed by atoms with Gasteiger partial charge < -0.3 is 19.5 Å². The number of hydrazone groups is 1. The smallest absolute Gasteiger partial charge is 0.252 e. The molecular formula is C24H31N3O5. The number of hydrogen-bond donors (Lipinski definition) is 2. The Labute approximate surface area is 188 Å². The average Bonchev–Trinajstić information content (AvgIpc) is 2.78. The van der Waals surface area contributed by atoms with Gasteiger partial charge in [0.15, 0.2) is 11.5 Å². The van der Waals surface area contributed by atoms with Crippen LogP contribution >= 0.6 is 0 Å². The van der Waals surface area contributed by atoms with Crippen molar-refractivity contribution in [2.24, 2.45) is 16.9 Å². The van der Waals surface area contributed by atoms with Crippen molar-refractivity contribution >= 4 is 23.7 Å². The van der Waals surface area contributed by atoms with E-state index in [0.717, 1.165) is 6.42 Å². The number of rotatable bonds is 11. The summed E-state index contributed by atoms with van der Waals surface area (Å²) < 4.78 is 16.2. The number of nitrogens with one attached hydrogen (secondary N) is 2. The molecule has 2 aromatic carbocycles. The highest BCUT2D eigenvalue weighted by molar-refractivity contribution is 6.06. The monoisotopic (exact) mass is 441 g/mol. The van der Waals surface area contributed by atoms with Crippen LogP contribution in [0.3, 0.4) is 0 Å². The lowest BCUT2D eigenvalue weighted by Gasteiger charge is -2.18. The molecule has 0 saturated carbocycles. The lowest BCUT2D eigenvalue weighted by molar-refractivity contribution is -0.134. The summed E-state index contributed by atoms with van der Waals surface area (Å²) >= 11 is 0. The maximum absolute atomic E-state index is 12.7. The first kappa shape index (κ1) is 24.7. The predicted octanol–water partition coefficient (Wildman–Crippen LogP) is 3.85. The number of carbonyl (C=O) groups is 2. The molecule has 172 valence electrons. The van der Waals surface area contributed by atoms with Crippen molar-refractivity contribution in [3.05, 3.63) is 48.0 Å². The van der Waals surface area contributed by atoms with Crippen molar-refractivity contribution in [1.29, 1.82) is 0 Å². The van der Waals surface area contributed by atoms with Crippen LogP contribution in [0.2, 0.25) is 0 Å². The van der Waals surface area contributed by atoms with E-state index in [-0.39, 0.29) is 5.92 Å². The normalized spacial score (nSPS) is 11.8. The van der Waals surface area contributed by atoms with Gasteiger partial charge in [0.1, 0.15) is 11.7 Å². The Morgan fingerprint density at radius 1 is 1.03 bits per heavy atom. The lowest BCUT2D eigenvalue weighted by Crippen LogP contribution is -2.39. The molecule has 8 nitrogen and oxygen atoms in total. The predicted molar refractivity (Wildman–Crippen MR) is 124 cm³/mol. The second-order valence-corrected chi connectivity index (χ2v) is 7.40. The quantitative estimate of drug-likeness (QED) is 0.314. The largest absolute Gasteiger partial charge is 0.497 e. The van der Waals surface area contributed by atoms with Crippen LogP contribution in [-0.2, 0) is 9.59 Å².